The maximum absolute atomic E-state index is 12.1. The van der Waals surface area contributed by atoms with Crippen molar-refractivity contribution in [3.05, 3.63) is 0 Å². The Morgan fingerprint density at radius 1 is 0.600 bits per heavy atom. The van der Waals surface area contributed by atoms with Gasteiger partial charge in [-0.2, -0.15) is 0 Å². The van der Waals surface area contributed by atoms with Gasteiger partial charge in [0, 0.05) is 35.2 Å². The van der Waals surface area contributed by atoms with E-state index in [0.29, 0.717) is 13.1 Å². The second kappa shape index (κ2) is 9.15. The van der Waals surface area contributed by atoms with Gasteiger partial charge < -0.3 is 9.47 Å². The molecule has 0 unspecified atom stereocenters. The molecule has 0 spiro atoms. The van der Waals surface area contributed by atoms with Crippen LogP contribution in [-0.4, -0.2) is 70.2 Å². The first-order valence-corrected chi connectivity index (χ1v) is 11.6. The molecule has 0 saturated carbocycles. The predicted molar refractivity (Wildman–Crippen MR) is 119 cm³/mol. The van der Waals surface area contributed by atoms with E-state index < -0.39 is 11.9 Å². The first kappa shape index (κ1) is 25.1. The molecule has 2 heterocycles. The molecule has 174 valence electrons. The number of rotatable bonds is 6. The summed E-state index contributed by atoms with van der Waals surface area (Å²) < 4.78 is 10.5. The van der Waals surface area contributed by atoms with Gasteiger partial charge in [-0.15, -0.1) is 0 Å². The van der Waals surface area contributed by atoms with Gasteiger partial charge >= 0.3 is 11.9 Å². The number of likely N-dealkylation sites (tertiary alicyclic amines) is 2. The van der Waals surface area contributed by atoms with Crippen molar-refractivity contribution in [3.63, 3.8) is 0 Å². The standard InChI is InChI=1S/C24H44N2O4/c1-21(2)11-9-12-22(3,4)25(21)15-17-29-19(27)20(28)30-18-16-26-23(5,6)13-10-14-24(26,7)8/h9-18H2,1-8H3. The van der Waals surface area contributed by atoms with Crippen LogP contribution in [0.2, 0.25) is 0 Å². The minimum absolute atomic E-state index is 0.0582. The van der Waals surface area contributed by atoms with E-state index >= 15 is 0 Å². The Kier molecular flexibility index (Phi) is 7.67. The van der Waals surface area contributed by atoms with E-state index in [2.05, 4.69) is 65.2 Å². The van der Waals surface area contributed by atoms with Gasteiger partial charge in [0.25, 0.3) is 0 Å². The molecular formula is C24H44N2O4. The summed E-state index contributed by atoms with van der Waals surface area (Å²) in [5.74, 6) is -1.78. The SMILES string of the molecule is CC1(C)CCCC(C)(C)N1CCOC(=O)C(=O)OCCN1C(C)(C)CCCC1(C)C. The largest absolute Gasteiger partial charge is 0.456 e. The molecule has 0 aromatic carbocycles. The molecule has 0 radical (unpaired) electrons. The van der Waals surface area contributed by atoms with Crippen LogP contribution in [0, 0.1) is 0 Å². The summed E-state index contributed by atoms with van der Waals surface area (Å²) in [7, 11) is 0. The number of nitrogens with zero attached hydrogens (tertiary/aromatic N) is 2. The molecule has 30 heavy (non-hydrogen) atoms. The lowest BCUT2D eigenvalue weighted by atomic mass is 9.80. The van der Waals surface area contributed by atoms with Gasteiger partial charge in [-0.25, -0.2) is 9.59 Å². The van der Waals surface area contributed by atoms with Crippen LogP contribution in [0.1, 0.15) is 93.9 Å². The zero-order chi connectivity index (χ0) is 22.8. The third-order valence-corrected chi connectivity index (χ3v) is 7.34. The molecule has 6 heteroatoms. The van der Waals surface area contributed by atoms with Crippen molar-refractivity contribution >= 4 is 11.9 Å². The molecule has 2 aliphatic rings. The van der Waals surface area contributed by atoms with E-state index in [1.165, 1.54) is 12.8 Å². The van der Waals surface area contributed by atoms with E-state index in [0.717, 1.165) is 25.7 Å². The molecule has 2 aliphatic heterocycles. The quantitative estimate of drug-likeness (QED) is 0.471. The van der Waals surface area contributed by atoms with Gasteiger partial charge in [0.2, 0.25) is 0 Å². The Morgan fingerprint density at radius 2 is 0.867 bits per heavy atom. The van der Waals surface area contributed by atoms with Crippen LogP contribution in [0.5, 0.6) is 0 Å². The molecule has 2 saturated heterocycles. The second-order valence-electron chi connectivity index (χ2n) is 11.5. The second-order valence-corrected chi connectivity index (χ2v) is 11.5. The summed E-state index contributed by atoms with van der Waals surface area (Å²) >= 11 is 0. The minimum atomic E-state index is -0.889. The van der Waals surface area contributed by atoms with Crippen molar-refractivity contribution < 1.29 is 19.1 Å². The molecule has 2 fully saturated rings. The van der Waals surface area contributed by atoms with Crippen LogP contribution >= 0.6 is 0 Å². The fraction of sp³-hybridized carbons (Fsp3) is 0.917. The molecule has 0 aromatic rings. The summed E-state index contributed by atoms with van der Waals surface area (Å²) in [4.78, 5) is 29.0. The van der Waals surface area contributed by atoms with E-state index in [9.17, 15) is 9.59 Å². The number of hydrogen-bond acceptors (Lipinski definition) is 6. The number of piperidine rings is 2. The Morgan fingerprint density at radius 3 is 1.13 bits per heavy atom. The topological polar surface area (TPSA) is 59.1 Å². The summed E-state index contributed by atoms with van der Waals surface area (Å²) in [6.07, 6.45) is 6.89. The van der Waals surface area contributed by atoms with Crippen molar-refractivity contribution in [2.45, 2.75) is 116 Å². The van der Waals surface area contributed by atoms with Gasteiger partial charge in [-0.05, 0) is 93.9 Å². The first-order valence-electron chi connectivity index (χ1n) is 11.6. The van der Waals surface area contributed by atoms with Crippen LogP contribution in [0.25, 0.3) is 0 Å². The van der Waals surface area contributed by atoms with E-state index in [1.54, 1.807) is 0 Å². The van der Waals surface area contributed by atoms with Crippen molar-refractivity contribution in [1.82, 2.24) is 9.80 Å². The number of hydrogen-bond donors (Lipinski definition) is 0. The number of carbonyl (C=O) groups excluding carboxylic acids is 2. The third-order valence-electron chi connectivity index (χ3n) is 7.34. The Labute approximate surface area is 183 Å². The fourth-order valence-electron chi connectivity index (χ4n) is 5.87. The fourth-order valence-corrected chi connectivity index (χ4v) is 5.87. The number of carbonyl (C=O) groups is 2. The molecule has 0 N–H and O–H groups in total. The third kappa shape index (κ3) is 5.97. The van der Waals surface area contributed by atoms with Gasteiger partial charge in [0.1, 0.15) is 13.2 Å². The first-order chi connectivity index (χ1) is 13.7. The average Bonchev–Trinajstić information content (AvgIpc) is 2.58. The monoisotopic (exact) mass is 424 g/mol. The number of esters is 2. The molecule has 0 atom stereocenters. The normalized spacial score (nSPS) is 25.5. The Bertz CT molecular complexity index is 539. The highest BCUT2D eigenvalue weighted by atomic mass is 16.6. The molecule has 0 amide bonds. The summed E-state index contributed by atoms with van der Waals surface area (Å²) in [5, 5.41) is 0. The van der Waals surface area contributed by atoms with Gasteiger partial charge in [-0.1, -0.05) is 0 Å². The van der Waals surface area contributed by atoms with Gasteiger partial charge in [0.15, 0.2) is 0 Å². The zero-order valence-electron chi connectivity index (χ0n) is 20.6. The van der Waals surface area contributed by atoms with Crippen molar-refractivity contribution in [3.8, 4) is 0 Å². The van der Waals surface area contributed by atoms with Crippen LogP contribution in [0.3, 0.4) is 0 Å². The lowest BCUT2D eigenvalue weighted by molar-refractivity contribution is -0.169. The predicted octanol–water partition coefficient (Wildman–Crippen LogP) is 4.16. The van der Waals surface area contributed by atoms with Crippen LogP contribution in [-0.2, 0) is 19.1 Å². The lowest BCUT2D eigenvalue weighted by Crippen LogP contribution is -2.59. The summed E-state index contributed by atoms with van der Waals surface area (Å²) in [6, 6.07) is 0. The summed E-state index contributed by atoms with van der Waals surface area (Å²) in [5.41, 5.74) is 0.233. The Balaban J connectivity index is 1.78. The Hall–Kier alpha value is -1.14. The van der Waals surface area contributed by atoms with E-state index in [1.807, 2.05) is 0 Å². The zero-order valence-corrected chi connectivity index (χ0v) is 20.6. The number of ether oxygens (including phenoxy) is 2. The maximum atomic E-state index is 12.1. The van der Waals surface area contributed by atoms with Crippen molar-refractivity contribution in [1.29, 1.82) is 0 Å². The van der Waals surface area contributed by atoms with Crippen molar-refractivity contribution in [2.24, 2.45) is 0 Å². The molecule has 6 nitrogen and oxygen atoms in total. The highest BCUT2D eigenvalue weighted by Crippen LogP contribution is 2.38. The van der Waals surface area contributed by atoms with Gasteiger partial charge in [-0.3, -0.25) is 9.80 Å². The maximum Gasteiger partial charge on any atom is 0.417 e. The van der Waals surface area contributed by atoms with E-state index in [-0.39, 0.29) is 35.4 Å². The molecule has 0 aliphatic carbocycles. The molecule has 0 bridgehead atoms. The van der Waals surface area contributed by atoms with Crippen LogP contribution in [0.4, 0.5) is 0 Å². The minimum Gasteiger partial charge on any atom is -0.456 e. The molecule has 2 rings (SSSR count). The summed E-state index contributed by atoms with van der Waals surface area (Å²) in [6.45, 7) is 19.5. The van der Waals surface area contributed by atoms with Crippen LogP contribution < -0.4 is 0 Å². The van der Waals surface area contributed by atoms with Gasteiger partial charge in [0.05, 0.1) is 0 Å². The highest BCUT2D eigenvalue weighted by molar-refractivity contribution is 6.29. The lowest BCUT2D eigenvalue weighted by Gasteiger charge is -2.53. The highest BCUT2D eigenvalue weighted by Gasteiger charge is 2.42. The van der Waals surface area contributed by atoms with E-state index in [4.69, 9.17) is 9.47 Å². The van der Waals surface area contributed by atoms with Crippen molar-refractivity contribution in [2.75, 3.05) is 26.3 Å². The smallest absolute Gasteiger partial charge is 0.417 e. The average molecular weight is 425 g/mol. The molecule has 0 aromatic heterocycles. The van der Waals surface area contributed by atoms with Crippen LogP contribution in [0.15, 0.2) is 0 Å². The molecular weight excluding hydrogens is 380 g/mol.